The summed E-state index contributed by atoms with van der Waals surface area (Å²) in [7, 11) is -3.83. The van der Waals surface area contributed by atoms with Crippen LogP contribution in [0.1, 0.15) is 30.7 Å². The smallest absolute Gasteiger partial charge is 0.322 e. The van der Waals surface area contributed by atoms with Crippen molar-refractivity contribution in [2.45, 2.75) is 44.0 Å². The summed E-state index contributed by atoms with van der Waals surface area (Å²) in [4.78, 5) is 11.7. The van der Waals surface area contributed by atoms with Gasteiger partial charge < -0.3 is 5.11 Å². The number of aliphatic carboxylic acids is 1. The molecule has 2 aliphatic rings. The van der Waals surface area contributed by atoms with Crippen LogP contribution in [-0.2, 0) is 14.8 Å². The molecule has 8 heteroatoms. The number of aromatic nitrogens is 2. The Bertz CT molecular complexity index is 662. The Kier molecular flexibility index (Phi) is 3.32. The maximum atomic E-state index is 12.9. The van der Waals surface area contributed by atoms with Gasteiger partial charge in [-0.25, -0.2) is 8.42 Å². The van der Waals surface area contributed by atoms with Gasteiger partial charge in [0, 0.05) is 6.54 Å². The highest BCUT2D eigenvalue weighted by Crippen LogP contribution is 2.44. The molecule has 0 radical (unpaired) electrons. The predicted molar refractivity (Wildman–Crippen MR) is 74.2 cm³/mol. The SMILES string of the molecule is Cc1n[nH]c(C)c1S(=O)(=O)N1CC2CCCC2C1C(=O)O. The number of hydrogen-bond acceptors (Lipinski definition) is 4. The zero-order chi connectivity index (χ0) is 15.4. The second kappa shape index (κ2) is 4.81. The van der Waals surface area contributed by atoms with Crippen LogP contribution >= 0.6 is 0 Å². The topological polar surface area (TPSA) is 103 Å². The Balaban J connectivity index is 2.05. The van der Waals surface area contributed by atoms with Crippen LogP contribution in [0.3, 0.4) is 0 Å². The number of nitrogens with one attached hydrogen (secondary N) is 1. The molecule has 0 spiro atoms. The van der Waals surface area contributed by atoms with Gasteiger partial charge in [0.05, 0.1) is 11.4 Å². The summed E-state index contributed by atoms with van der Waals surface area (Å²) in [5.41, 5.74) is 0.836. The van der Waals surface area contributed by atoms with E-state index in [1.165, 1.54) is 4.31 Å². The molecule has 116 valence electrons. The van der Waals surface area contributed by atoms with Crippen LogP contribution in [0, 0.1) is 25.7 Å². The van der Waals surface area contributed by atoms with E-state index >= 15 is 0 Å². The Morgan fingerprint density at radius 2 is 2.10 bits per heavy atom. The van der Waals surface area contributed by atoms with E-state index in [9.17, 15) is 18.3 Å². The van der Waals surface area contributed by atoms with Gasteiger partial charge in [-0.2, -0.15) is 9.40 Å². The summed E-state index contributed by atoms with van der Waals surface area (Å²) in [6, 6.07) is -0.948. The van der Waals surface area contributed by atoms with Gasteiger partial charge in [-0.3, -0.25) is 9.89 Å². The molecule has 3 rings (SSSR count). The molecule has 21 heavy (non-hydrogen) atoms. The maximum absolute atomic E-state index is 12.9. The van der Waals surface area contributed by atoms with Crippen molar-refractivity contribution in [1.29, 1.82) is 0 Å². The molecule has 2 N–H and O–H groups in total. The molecule has 1 aliphatic heterocycles. The van der Waals surface area contributed by atoms with E-state index in [0.717, 1.165) is 19.3 Å². The zero-order valence-electron chi connectivity index (χ0n) is 12.0. The number of rotatable bonds is 3. The van der Waals surface area contributed by atoms with Gasteiger partial charge in [0.15, 0.2) is 0 Å². The van der Waals surface area contributed by atoms with Crippen molar-refractivity contribution in [1.82, 2.24) is 14.5 Å². The second-order valence-electron chi connectivity index (χ2n) is 5.98. The van der Waals surface area contributed by atoms with Crippen molar-refractivity contribution < 1.29 is 18.3 Å². The van der Waals surface area contributed by atoms with E-state index < -0.39 is 22.0 Å². The minimum absolute atomic E-state index is 0.0650. The Hall–Kier alpha value is -1.41. The third-order valence-corrected chi connectivity index (χ3v) is 6.84. The fourth-order valence-electron chi connectivity index (χ4n) is 3.86. The van der Waals surface area contributed by atoms with Crippen molar-refractivity contribution in [3.8, 4) is 0 Å². The molecule has 1 aromatic rings. The van der Waals surface area contributed by atoms with Crippen LogP contribution in [-0.4, -0.2) is 46.6 Å². The zero-order valence-corrected chi connectivity index (χ0v) is 12.9. The molecule has 1 aliphatic carbocycles. The highest BCUT2D eigenvalue weighted by atomic mass is 32.2. The minimum Gasteiger partial charge on any atom is -0.480 e. The monoisotopic (exact) mass is 313 g/mol. The first-order chi connectivity index (χ1) is 9.84. The van der Waals surface area contributed by atoms with E-state index in [-0.39, 0.29) is 16.7 Å². The van der Waals surface area contributed by atoms with Gasteiger partial charge in [-0.15, -0.1) is 0 Å². The molecule has 0 amide bonds. The van der Waals surface area contributed by atoms with Crippen LogP contribution in [0.25, 0.3) is 0 Å². The predicted octanol–water partition coefficient (Wildman–Crippen LogP) is 0.900. The first-order valence-electron chi connectivity index (χ1n) is 7.10. The van der Waals surface area contributed by atoms with E-state index in [1.807, 2.05) is 0 Å². The Morgan fingerprint density at radius 1 is 1.38 bits per heavy atom. The van der Waals surface area contributed by atoms with E-state index in [1.54, 1.807) is 13.8 Å². The molecule has 3 unspecified atom stereocenters. The molecule has 7 nitrogen and oxygen atoms in total. The fraction of sp³-hybridized carbons (Fsp3) is 0.692. The highest BCUT2D eigenvalue weighted by molar-refractivity contribution is 7.89. The average molecular weight is 313 g/mol. The van der Waals surface area contributed by atoms with Crippen molar-refractivity contribution in [2.75, 3.05) is 6.54 Å². The minimum atomic E-state index is -3.83. The summed E-state index contributed by atoms with van der Waals surface area (Å²) in [6.45, 7) is 3.55. The van der Waals surface area contributed by atoms with E-state index in [4.69, 9.17) is 0 Å². The van der Waals surface area contributed by atoms with Crippen molar-refractivity contribution in [2.24, 2.45) is 11.8 Å². The molecule has 0 aromatic carbocycles. The lowest BCUT2D eigenvalue weighted by molar-refractivity contribution is -0.142. The fourth-order valence-corrected chi connectivity index (χ4v) is 5.88. The van der Waals surface area contributed by atoms with E-state index in [0.29, 0.717) is 17.9 Å². The number of carboxylic acid groups (broad SMARTS) is 1. The lowest BCUT2D eigenvalue weighted by atomic mass is 9.94. The molecular weight excluding hydrogens is 294 g/mol. The van der Waals surface area contributed by atoms with Gasteiger partial charge in [-0.05, 0) is 38.5 Å². The van der Waals surface area contributed by atoms with Crippen LogP contribution in [0.5, 0.6) is 0 Å². The molecule has 1 aromatic heterocycles. The number of hydrogen-bond donors (Lipinski definition) is 2. The molecule has 3 atom stereocenters. The summed E-state index contributed by atoms with van der Waals surface area (Å²) in [6.07, 6.45) is 2.68. The van der Waals surface area contributed by atoms with Crippen molar-refractivity contribution in [3.63, 3.8) is 0 Å². The molecule has 1 saturated heterocycles. The number of nitrogens with zero attached hydrogens (tertiary/aromatic N) is 2. The maximum Gasteiger partial charge on any atom is 0.322 e. The number of fused-ring (bicyclic) bond motifs is 1. The van der Waals surface area contributed by atoms with Crippen LogP contribution in [0.2, 0.25) is 0 Å². The quantitative estimate of drug-likeness (QED) is 0.863. The van der Waals surface area contributed by atoms with Gasteiger partial charge in [-0.1, -0.05) is 6.42 Å². The summed E-state index contributed by atoms with van der Waals surface area (Å²) < 4.78 is 26.9. The van der Waals surface area contributed by atoms with Gasteiger partial charge in [0.25, 0.3) is 0 Å². The number of H-pyrrole nitrogens is 1. The normalized spacial score (nSPS) is 29.7. The number of aromatic amines is 1. The van der Waals surface area contributed by atoms with Crippen LogP contribution < -0.4 is 0 Å². The van der Waals surface area contributed by atoms with Gasteiger partial charge in [0.2, 0.25) is 10.0 Å². The van der Waals surface area contributed by atoms with Crippen LogP contribution in [0.4, 0.5) is 0 Å². The number of aryl methyl sites for hydroxylation is 2. The Morgan fingerprint density at radius 3 is 2.67 bits per heavy atom. The second-order valence-corrected chi connectivity index (χ2v) is 7.80. The van der Waals surface area contributed by atoms with Crippen LogP contribution in [0.15, 0.2) is 4.90 Å². The van der Waals surface area contributed by atoms with E-state index in [2.05, 4.69) is 10.2 Å². The standard InChI is InChI=1S/C13H19N3O4S/c1-7-12(8(2)15-14-7)21(19,20)16-6-9-4-3-5-10(9)11(16)13(17)18/h9-11H,3-6H2,1-2H3,(H,14,15)(H,17,18). The summed E-state index contributed by atoms with van der Waals surface area (Å²) in [5.74, 6) is -0.954. The average Bonchev–Trinajstić information content (AvgIpc) is 3.02. The first kappa shape index (κ1) is 14.5. The van der Waals surface area contributed by atoms with Crippen molar-refractivity contribution in [3.05, 3.63) is 11.4 Å². The lowest BCUT2D eigenvalue weighted by Gasteiger charge is -2.23. The van der Waals surface area contributed by atoms with Gasteiger partial charge >= 0.3 is 5.97 Å². The molecule has 2 heterocycles. The number of carboxylic acids is 1. The van der Waals surface area contributed by atoms with Crippen molar-refractivity contribution >= 4 is 16.0 Å². The Labute approximate surface area is 123 Å². The first-order valence-corrected chi connectivity index (χ1v) is 8.54. The van der Waals surface area contributed by atoms with Gasteiger partial charge in [0.1, 0.15) is 10.9 Å². The number of sulfonamides is 1. The molecule has 0 bridgehead atoms. The largest absolute Gasteiger partial charge is 0.480 e. The number of carbonyl (C=O) groups is 1. The summed E-state index contributed by atoms with van der Waals surface area (Å²) in [5, 5.41) is 16.1. The highest BCUT2D eigenvalue weighted by Gasteiger charge is 2.52. The summed E-state index contributed by atoms with van der Waals surface area (Å²) >= 11 is 0. The molecule has 2 fully saturated rings. The lowest BCUT2D eigenvalue weighted by Crippen LogP contribution is -2.43. The third kappa shape index (κ3) is 2.08. The molecule has 1 saturated carbocycles. The third-order valence-electron chi connectivity index (χ3n) is 4.73. The molecular formula is C13H19N3O4S.